The lowest BCUT2D eigenvalue weighted by Gasteiger charge is -2.09. The highest BCUT2D eigenvalue weighted by atomic mass is 16.2. The van der Waals surface area contributed by atoms with Gasteiger partial charge in [0.15, 0.2) is 5.82 Å². The number of hydrogen-bond acceptors (Lipinski definition) is 4. The number of amides is 2. The first-order chi connectivity index (χ1) is 12.7. The van der Waals surface area contributed by atoms with E-state index >= 15 is 0 Å². The SMILES string of the molecule is Nc1n[nH]c2cccc(-c3ccc(NC(=O)Nc4ccncc4)cc3)c12. The number of urea groups is 1. The van der Waals surface area contributed by atoms with Crippen molar-refractivity contribution in [3.63, 3.8) is 0 Å². The minimum atomic E-state index is -0.315. The van der Waals surface area contributed by atoms with Gasteiger partial charge in [-0.25, -0.2) is 4.79 Å². The highest BCUT2D eigenvalue weighted by Gasteiger charge is 2.10. The predicted molar refractivity (Wildman–Crippen MR) is 103 cm³/mol. The van der Waals surface area contributed by atoms with Crippen molar-refractivity contribution >= 4 is 34.1 Å². The lowest BCUT2D eigenvalue weighted by Crippen LogP contribution is -2.19. The van der Waals surface area contributed by atoms with Crippen LogP contribution in [0.4, 0.5) is 22.0 Å². The summed E-state index contributed by atoms with van der Waals surface area (Å²) in [6.45, 7) is 0. The Morgan fingerprint density at radius 3 is 2.35 bits per heavy atom. The number of rotatable bonds is 3. The molecule has 0 radical (unpaired) electrons. The molecule has 4 aromatic rings. The summed E-state index contributed by atoms with van der Waals surface area (Å²) in [5.74, 6) is 0.467. The van der Waals surface area contributed by atoms with E-state index in [0.717, 1.165) is 22.0 Å². The molecule has 0 fully saturated rings. The fourth-order valence-electron chi connectivity index (χ4n) is 2.80. The molecule has 0 saturated carbocycles. The Balaban J connectivity index is 1.53. The van der Waals surface area contributed by atoms with E-state index in [1.54, 1.807) is 24.5 Å². The molecular formula is C19H16N6O. The van der Waals surface area contributed by atoms with Crippen LogP contribution < -0.4 is 16.4 Å². The first-order valence-electron chi connectivity index (χ1n) is 8.02. The van der Waals surface area contributed by atoms with Crippen LogP contribution in [0.1, 0.15) is 0 Å². The third-order valence-corrected chi connectivity index (χ3v) is 4.01. The fourth-order valence-corrected chi connectivity index (χ4v) is 2.80. The molecule has 0 saturated heterocycles. The van der Waals surface area contributed by atoms with E-state index in [0.29, 0.717) is 17.2 Å². The monoisotopic (exact) mass is 344 g/mol. The van der Waals surface area contributed by atoms with Crippen molar-refractivity contribution in [3.8, 4) is 11.1 Å². The Kier molecular flexibility index (Phi) is 3.95. The first kappa shape index (κ1) is 15.6. The van der Waals surface area contributed by atoms with E-state index in [9.17, 15) is 4.79 Å². The number of pyridine rings is 1. The van der Waals surface area contributed by atoms with Crippen LogP contribution >= 0.6 is 0 Å². The minimum Gasteiger partial charge on any atom is -0.382 e. The molecule has 0 unspecified atom stereocenters. The maximum absolute atomic E-state index is 12.0. The molecule has 0 bridgehead atoms. The predicted octanol–water partition coefficient (Wildman–Crippen LogP) is 3.85. The molecule has 2 aromatic carbocycles. The first-order valence-corrected chi connectivity index (χ1v) is 8.02. The van der Waals surface area contributed by atoms with Crippen molar-refractivity contribution in [1.29, 1.82) is 0 Å². The van der Waals surface area contributed by atoms with Crippen LogP contribution in [0.2, 0.25) is 0 Å². The molecule has 0 atom stereocenters. The number of H-pyrrole nitrogens is 1. The van der Waals surface area contributed by atoms with Crippen LogP contribution in [0.25, 0.3) is 22.0 Å². The van der Waals surface area contributed by atoms with Crippen LogP contribution in [-0.2, 0) is 0 Å². The number of nitrogens with one attached hydrogen (secondary N) is 3. The Morgan fingerprint density at radius 2 is 1.62 bits per heavy atom. The summed E-state index contributed by atoms with van der Waals surface area (Å²) < 4.78 is 0. The highest BCUT2D eigenvalue weighted by Crippen LogP contribution is 2.31. The Bertz CT molecular complexity index is 1060. The van der Waals surface area contributed by atoms with Gasteiger partial charge in [-0.3, -0.25) is 10.1 Å². The lowest BCUT2D eigenvalue weighted by molar-refractivity contribution is 0.262. The van der Waals surface area contributed by atoms with Crippen molar-refractivity contribution in [1.82, 2.24) is 15.2 Å². The third-order valence-electron chi connectivity index (χ3n) is 4.01. The van der Waals surface area contributed by atoms with Crippen LogP contribution in [0.3, 0.4) is 0 Å². The van der Waals surface area contributed by atoms with Crippen LogP contribution in [0.5, 0.6) is 0 Å². The summed E-state index contributed by atoms with van der Waals surface area (Å²) >= 11 is 0. The molecule has 2 aromatic heterocycles. The molecule has 0 aliphatic rings. The van der Waals surface area contributed by atoms with Gasteiger partial charge in [0.05, 0.1) is 10.9 Å². The fraction of sp³-hybridized carbons (Fsp3) is 0. The molecule has 0 aliphatic heterocycles. The number of hydrogen-bond donors (Lipinski definition) is 4. The smallest absolute Gasteiger partial charge is 0.323 e. The number of aromatic amines is 1. The van der Waals surface area contributed by atoms with Gasteiger partial charge in [-0.05, 0) is 41.5 Å². The number of nitrogens with two attached hydrogens (primary N) is 1. The van der Waals surface area contributed by atoms with Crippen molar-refractivity contribution in [3.05, 3.63) is 67.0 Å². The number of fused-ring (bicyclic) bond motifs is 1. The average Bonchev–Trinajstić information content (AvgIpc) is 3.04. The van der Waals surface area contributed by atoms with Gasteiger partial charge in [-0.15, -0.1) is 0 Å². The topological polar surface area (TPSA) is 109 Å². The molecule has 128 valence electrons. The summed E-state index contributed by atoms with van der Waals surface area (Å²) in [6, 6.07) is 16.6. The molecule has 26 heavy (non-hydrogen) atoms. The molecule has 0 aliphatic carbocycles. The Labute approximate surface area is 149 Å². The number of carbonyl (C=O) groups is 1. The third kappa shape index (κ3) is 3.05. The van der Waals surface area contributed by atoms with Crippen molar-refractivity contribution in [2.24, 2.45) is 0 Å². The molecule has 2 heterocycles. The van der Waals surface area contributed by atoms with Crippen molar-refractivity contribution in [2.75, 3.05) is 16.4 Å². The highest BCUT2D eigenvalue weighted by molar-refractivity contribution is 6.02. The summed E-state index contributed by atoms with van der Waals surface area (Å²) in [6.07, 6.45) is 3.24. The largest absolute Gasteiger partial charge is 0.382 e. The van der Waals surface area contributed by atoms with E-state index in [-0.39, 0.29) is 6.03 Å². The Morgan fingerprint density at radius 1 is 0.923 bits per heavy atom. The summed E-state index contributed by atoms with van der Waals surface area (Å²) in [4.78, 5) is 16.0. The summed E-state index contributed by atoms with van der Waals surface area (Å²) in [7, 11) is 0. The van der Waals surface area contributed by atoms with E-state index in [1.165, 1.54) is 0 Å². The van der Waals surface area contributed by atoms with Gasteiger partial charge in [0.1, 0.15) is 0 Å². The van der Waals surface area contributed by atoms with E-state index in [1.807, 2.05) is 42.5 Å². The molecule has 0 spiro atoms. The van der Waals surface area contributed by atoms with E-state index in [4.69, 9.17) is 5.73 Å². The van der Waals surface area contributed by atoms with E-state index in [2.05, 4.69) is 25.8 Å². The number of aromatic nitrogens is 3. The maximum atomic E-state index is 12.0. The van der Waals surface area contributed by atoms with Gasteiger partial charge in [0.2, 0.25) is 0 Å². The van der Waals surface area contributed by atoms with Gasteiger partial charge in [0, 0.05) is 23.8 Å². The zero-order chi connectivity index (χ0) is 17.9. The van der Waals surface area contributed by atoms with Gasteiger partial charge in [-0.2, -0.15) is 5.10 Å². The standard InChI is InChI=1S/C19H16N6O/c20-18-17-15(2-1-3-16(17)24-25-18)12-4-6-13(7-5-12)22-19(26)23-14-8-10-21-11-9-14/h1-11H,(H3,20,24,25)(H2,21,22,23,26). The van der Waals surface area contributed by atoms with Crippen LogP contribution in [-0.4, -0.2) is 21.2 Å². The van der Waals surface area contributed by atoms with Crippen molar-refractivity contribution in [2.45, 2.75) is 0 Å². The summed E-state index contributed by atoms with van der Waals surface area (Å²) in [5, 5.41) is 13.4. The zero-order valence-electron chi connectivity index (χ0n) is 13.7. The van der Waals surface area contributed by atoms with Crippen molar-refractivity contribution < 1.29 is 4.79 Å². The second-order valence-electron chi connectivity index (χ2n) is 5.73. The van der Waals surface area contributed by atoms with Gasteiger partial charge < -0.3 is 16.4 Å². The van der Waals surface area contributed by atoms with Crippen LogP contribution in [0.15, 0.2) is 67.0 Å². The molecule has 5 N–H and O–H groups in total. The lowest BCUT2D eigenvalue weighted by atomic mass is 10.0. The number of nitrogen functional groups attached to an aromatic ring is 1. The second kappa shape index (κ2) is 6.56. The second-order valence-corrected chi connectivity index (χ2v) is 5.73. The number of anilines is 3. The normalized spacial score (nSPS) is 10.6. The quantitative estimate of drug-likeness (QED) is 0.452. The molecule has 7 heteroatoms. The molecule has 2 amide bonds. The molecule has 4 rings (SSSR count). The van der Waals surface area contributed by atoms with Gasteiger partial charge in [0.25, 0.3) is 0 Å². The van der Waals surface area contributed by atoms with E-state index < -0.39 is 0 Å². The van der Waals surface area contributed by atoms with Gasteiger partial charge in [-0.1, -0.05) is 24.3 Å². The van der Waals surface area contributed by atoms with Gasteiger partial charge >= 0.3 is 6.03 Å². The zero-order valence-corrected chi connectivity index (χ0v) is 13.7. The number of carbonyl (C=O) groups excluding carboxylic acids is 1. The minimum absolute atomic E-state index is 0.315. The van der Waals surface area contributed by atoms with Crippen LogP contribution in [0, 0.1) is 0 Å². The molecule has 7 nitrogen and oxygen atoms in total. The number of nitrogens with zero attached hydrogens (tertiary/aromatic N) is 2. The number of benzene rings is 2. The Hall–Kier alpha value is -3.87. The molecular weight excluding hydrogens is 328 g/mol. The maximum Gasteiger partial charge on any atom is 0.323 e. The summed E-state index contributed by atoms with van der Waals surface area (Å²) in [5.41, 5.74) is 10.2. The average molecular weight is 344 g/mol.